The van der Waals surface area contributed by atoms with Crippen LogP contribution in [0.2, 0.25) is 10.0 Å². The minimum absolute atomic E-state index is 0.181. The summed E-state index contributed by atoms with van der Waals surface area (Å²) in [6.07, 6.45) is 1.52. The molecule has 8 heteroatoms. The monoisotopic (exact) mass is 472 g/mol. The Balaban J connectivity index is 1.54. The molecule has 1 N–H and O–H groups in total. The molecule has 0 aromatic heterocycles. The number of nitrogens with zero attached hydrogens (tertiary/aromatic N) is 1. The SMILES string of the molecule is CCOc1cc(/C=N\NC(=O)COc2cccc(Cl)c2)ccc1OCc1ccc(Cl)cc1. The van der Waals surface area contributed by atoms with Crippen molar-refractivity contribution in [1.29, 1.82) is 0 Å². The second kappa shape index (κ2) is 12.0. The Kier molecular flexibility index (Phi) is 8.78. The van der Waals surface area contributed by atoms with Crippen LogP contribution >= 0.6 is 23.2 Å². The van der Waals surface area contributed by atoms with Crippen LogP contribution in [0.3, 0.4) is 0 Å². The van der Waals surface area contributed by atoms with E-state index >= 15 is 0 Å². The first-order valence-corrected chi connectivity index (χ1v) is 10.6. The van der Waals surface area contributed by atoms with Crippen LogP contribution in [0, 0.1) is 0 Å². The van der Waals surface area contributed by atoms with Gasteiger partial charge in [-0.15, -0.1) is 0 Å². The molecule has 0 bridgehead atoms. The number of nitrogens with one attached hydrogen (secondary N) is 1. The van der Waals surface area contributed by atoms with Crippen molar-refractivity contribution in [1.82, 2.24) is 5.43 Å². The van der Waals surface area contributed by atoms with E-state index < -0.39 is 5.91 Å². The Morgan fingerprint density at radius 2 is 1.75 bits per heavy atom. The molecular weight excluding hydrogens is 451 g/mol. The summed E-state index contributed by atoms with van der Waals surface area (Å²) in [4.78, 5) is 11.9. The van der Waals surface area contributed by atoms with E-state index in [1.807, 2.05) is 37.3 Å². The molecule has 0 aliphatic rings. The lowest BCUT2D eigenvalue weighted by Gasteiger charge is -2.12. The van der Waals surface area contributed by atoms with E-state index in [2.05, 4.69) is 10.5 Å². The van der Waals surface area contributed by atoms with Gasteiger partial charge in [0.2, 0.25) is 0 Å². The van der Waals surface area contributed by atoms with Crippen LogP contribution in [0.1, 0.15) is 18.1 Å². The number of rotatable bonds is 10. The maximum absolute atomic E-state index is 11.9. The number of amides is 1. The van der Waals surface area contributed by atoms with Crippen molar-refractivity contribution >= 4 is 35.3 Å². The van der Waals surface area contributed by atoms with Gasteiger partial charge in [0.15, 0.2) is 18.1 Å². The van der Waals surface area contributed by atoms with Gasteiger partial charge >= 0.3 is 0 Å². The minimum atomic E-state index is -0.394. The lowest BCUT2D eigenvalue weighted by molar-refractivity contribution is -0.123. The Bertz CT molecular complexity index is 1070. The van der Waals surface area contributed by atoms with Gasteiger partial charge in [-0.25, -0.2) is 5.43 Å². The molecule has 0 atom stereocenters. The first-order valence-electron chi connectivity index (χ1n) is 9.88. The van der Waals surface area contributed by atoms with E-state index in [9.17, 15) is 4.79 Å². The third kappa shape index (κ3) is 7.48. The highest BCUT2D eigenvalue weighted by atomic mass is 35.5. The van der Waals surface area contributed by atoms with E-state index in [4.69, 9.17) is 37.4 Å². The van der Waals surface area contributed by atoms with Crippen molar-refractivity contribution in [3.8, 4) is 17.2 Å². The van der Waals surface area contributed by atoms with E-state index in [-0.39, 0.29) is 6.61 Å². The molecular formula is C24H22Cl2N2O4. The standard InChI is InChI=1S/C24H22Cl2N2O4/c1-2-30-23-12-18(8-11-22(23)32-15-17-6-9-19(25)10-7-17)14-27-28-24(29)16-31-21-5-3-4-20(26)13-21/h3-14H,2,15-16H2,1H3,(H,28,29)/b27-14-. The zero-order chi connectivity index (χ0) is 22.8. The molecule has 3 aromatic carbocycles. The van der Waals surface area contributed by atoms with Gasteiger partial charge in [-0.05, 0) is 66.6 Å². The molecule has 166 valence electrons. The smallest absolute Gasteiger partial charge is 0.277 e. The molecule has 32 heavy (non-hydrogen) atoms. The maximum atomic E-state index is 11.9. The molecule has 0 spiro atoms. The zero-order valence-corrected chi connectivity index (χ0v) is 18.9. The summed E-state index contributed by atoms with van der Waals surface area (Å²) < 4.78 is 16.9. The van der Waals surface area contributed by atoms with Crippen molar-refractivity contribution in [2.45, 2.75) is 13.5 Å². The van der Waals surface area contributed by atoms with Crippen molar-refractivity contribution in [2.24, 2.45) is 5.10 Å². The van der Waals surface area contributed by atoms with Gasteiger partial charge in [-0.2, -0.15) is 5.10 Å². The zero-order valence-electron chi connectivity index (χ0n) is 17.4. The number of hydrazone groups is 1. The van der Waals surface area contributed by atoms with E-state index in [0.717, 1.165) is 11.1 Å². The van der Waals surface area contributed by atoms with Gasteiger partial charge in [0.25, 0.3) is 5.91 Å². The van der Waals surface area contributed by atoms with Gasteiger partial charge in [-0.1, -0.05) is 41.4 Å². The third-order valence-corrected chi connectivity index (χ3v) is 4.63. The van der Waals surface area contributed by atoms with Crippen LogP contribution < -0.4 is 19.6 Å². The van der Waals surface area contributed by atoms with Crippen LogP contribution in [0.15, 0.2) is 71.8 Å². The van der Waals surface area contributed by atoms with Gasteiger partial charge in [0.05, 0.1) is 12.8 Å². The van der Waals surface area contributed by atoms with E-state index in [0.29, 0.717) is 40.5 Å². The molecule has 0 aliphatic carbocycles. The average molecular weight is 473 g/mol. The van der Waals surface area contributed by atoms with E-state index in [1.54, 1.807) is 36.4 Å². The number of hydrogen-bond donors (Lipinski definition) is 1. The second-order valence-electron chi connectivity index (χ2n) is 6.59. The van der Waals surface area contributed by atoms with Gasteiger partial charge in [-0.3, -0.25) is 4.79 Å². The Morgan fingerprint density at radius 3 is 2.50 bits per heavy atom. The van der Waals surface area contributed by atoms with Gasteiger partial charge in [0, 0.05) is 10.0 Å². The predicted octanol–water partition coefficient (Wildman–Crippen LogP) is 5.50. The number of benzene rings is 3. The van der Waals surface area contributed by atoms with Crippen molar-refractivity contribution in [3.63, 3.8) is 0 Å². The highest BCUT2D eigenvalue weighted by Crippen LogP contribution is 2.29. The second-order valence-corrected chi connectivity index (χ2v) is 7.47. The summed E-state index contributed by atoms with van der Waals surface area (Å²) in [5.41, 5.74) is 4.15. The van der Waals surface area contributed by atoms with Crippen molar-refractivity contribution in [3.05, 3.63) is 87.9 Å². The number of hydrogen-bond acceptors (Lipinski definition) is 5. The molecule has 0 saturated carbocycles. The molecule has 3 aromatic rings. The number of ether oxygens (including phenoxy) is 3. The highest BCUT2D eigenvalue weighted by molar-refractivity contribution is 6.30. The van der Waals surface area contributed by atoms with Crippen LogP contribution in [0.4, 0.5) is 0 Å². The average Bonchev–Trinajstić information content (AvgIpc) is 2.78. The summed E-state index contributed by atoms with van der Waals surface area (Å²) in [5, 5.41) is 5.17. The summed E-state index contributed by atoms with van der Waals surface area (Å²) >= 11 is 11.8. The van der Waals surface area contributed by atoms with Crippen molar-refractivity contribution < 1.29 is 19.0 Å². The topological polar surface area (TPSA) is 69.2 Å². The lowest BCUT2D eigenvalue weighted by atomic mass is 10.2. The van der Waals surface area contributed by atoms with Crippen molar-refractivity contribution in [2.75, 3.05) is 13.2 Å². The lowest BCUT2D eigenvalue weighted by Crippen LogP contribution is -2.24. The van der Waals surface area contributed by atoms with Crippen LogP contribution in [-0.4, -0.2) is 25.3 Å². The molecule has 0 heterocycles. The Labute approximate surface area is 196 Å². The van der Waals surface area contributed by atoms with Crippen LogP contribution in [0.5, 0.6) is 17.2 Å². The first-order chi connectivity index (χ1) is 15.5. The fraction of sp³-hybridized carbons (Fsp3) is 0.167. The predicted molar refractivity (Wildman–Crippen MR) is 126 cm³/mol. The molecule has 6 nitrogen and oxygen atoms in total. The largest absolute Gasteiger partial charge is 0.490 e. The molecule has 0 unspecified atom stereocenters. The third-order valence-electron chi connectivity index (χ3n) is 4.14. The fourth-order valence-corrected chi connectivity index (χ4v) is 2.96. The Hall–Kier alpha value is -3.22. The normalized spacial score (nSPS) is 10.7. The minimum Gasteiger partial charge on any atom is -0.490 e. The van der Waals surface area contributed by atoms with Gasteiger partial charge < -0.3 is 14.2 Å². The fourth-order valence-electron chi connectivity index (χ4n) is 2.65. The van der Waals surface area contributed by atoms with Crippen LogP contribution in [-0.2, 0) is 11.4 Å². The van der Waals surface area contributed by atoms with Gasteiger partial charge in [0.1, 0.15) is 12.4 Å². The molecule has 0 saturated heterocycles. The molecule has 3 rings (SSSR count). The Morgan fingerprint density at radius 1 is 0.938 bits per heavy atom. The highest BCUT2D eigenvalue weighted by Gasteiger charge is 2.07. The summed E-state index contributed by atoms with van der Waals surface area (Å²) in [7, 11) is 0. The van der Waals surface area contributed by atoms with E-state index in [1.165, 1.54) is 6.21 Å². The van der Waals surface area contributed by atoms with Crippen LogP contribution in [0.25, 0.3) is 0 Å². The number of halogens is 2. The molecule has 0 fully saturated rings. The number of carbonyl (C=O) groups is 1. The first kappa shape index (κ1) is 23.4. The summed E-state index contributed by atoms with van der Waals surface area (Å²) in [6, 6.07) is 19.7. The number of carbonyl (C=O) groups excluding carboxylic acids is 1. The molecule has 1 amide bonds. The summed E-state index contributed by atoms with van der Waals surface area (Å²) in [5.74, 6) is 1.31. The molecule has 0 radical (unpaired) electrons. The quantitative estimate of drug-likeness (QED) is 0.312. The molecule has 0 aliphatic heterocycles. The maximum Gasteiger partial charge on any atom is 0.277 e. The summed E-state index contributed by atoms with van der Waals surface area (Å²) in [6.45, 7) is 2.58.